The monoisotopic (exact) mass is 344 g/mol. The molecule has 1 aromatic rings. The van der Waals surface area contributed by atoms with Gasteiger partial charge in [-0.25, -0.2) is 4.39 Å². The minimum atomic E-state index is -0.179. The molecule has 1 rings (SSSR count). The summed E-state index contributed by atoms with van der Waals surface area (Å²) in [5.74, 6) is -0.179. The second kappa shape index (κ2) is 9.48. The smallest absolute Gasteiger partial charge is 0.137 e. The van der Waals surface area contributed by atoms with Gasteiger partial charge in [0.15, 0.2) is 0 Å². The van der Waals surface area contributed by atoms with Gasteiger partial charge >= 0.3 is 0 Å². The molecule has 1 unspecified atom stereocenters. The second-order valence-electron chi connectivity index (χ2n) is 4.99. The topological polar surface area (TPSA) is 15.3 Å². The number of nitrogens with one attached hydrogen (secondary N) is 1. The number of benzene rings is 1. The zero-order valence-corrected chi connectivity index (χ0v) is 14.3. The van der Waals surface area contributed by atoms with Crippen LogP contribution in [-0.4, -0.2) is 37.1 Å². The van der Waals surface area contributed by atoms with Crippen LogP contribution in [0.4, 0.5) is 4.39 Å². The molecule has 0 aromatic heterocycles. The van der Waals surface area contributed by atoms with Crippen LogP contribution in [0.3, 0.4) is 0 Å². The van der Waals surface area contributed by atoms with Crippen LogP contribution in [0, 0.1) is 5.82 Å². The molecule has 1 atom stereocenters. The van der Waals surface area contributed by atoms with Crippen molar-refractivity contribution in [3.63, 3.8) is 0 Å². The van der Waals surface area contributed by atoms with Crippen molar-refractivity contribution in [1.82, 2.24) is 10.2 Å². The standard InChI is InChI=1S/C16H26BrFN2/c1-4-19-14(10-11-20(5-2)6-3)12-13-8-7-9-15(18)16(13)17/h7-9,14,19H,4-6,10-12H2,1-3H3. The molecule has 4 heteroatoms. The minimum Gasteiger partial charge on any atom is -0.314 e. The molecule has 0 saturated heterocycles. The summed E-state index contributed by atoms with van der Waals surface area (Å²) in [6.07, 6.45) is 1.94. The van der Waals surface area contributed by atoms with Gasteiger partial charge in [0.1, 0.15) is 5.82 Å². The Morgan fingerprint density at radius 1 is 1.25 bits per heavy atom. The molecule has 0 bridgehead atoms. The predicted molar refractivity (Wildman–Crippen MR) is 87.7 cm³/mol. The molecule has 0 radical (unpaired) electrons. The molecular weight excluding hydrogens is 319 g/mol. The van der Waals surface area contributed by atoms with E-state index in [4.69, 9.17) is 0 Å². The maximum Gasteiger partial charge on any atom is 0.137 e. The van der Waals surface area contributed by atoms with Gasteiger partial charge in [0.25, 0.3) is 0 Å². The van der Waals surface area contributed by atoms with Crippen LogP contribution in [0.15, 0.2) is 22.7 Å². The highest BCUT2D eigenvalue weighted by Gasteiger charge is 2.13. The lowest BCUT2D eigenvalue weighted by Gasteiger charge is -2.23. The quantitative estimate of drug-likeness (QED) is 0.732. The molecule has 0 saturated carbocycles. The van der Waals surface area contributed by atoms with E-state index >= 15 is 0 Å². The molecule has 0 amide bonds. The van der Waals surface area contributed by atoms with Crippen molar-refractivity contribution in [2.24, 2.45) is 0 Å². The number of hydrogen-bond acceptors (Lipinski definition) is 2. The average Bonchev–Trinajstić information content (AvgIpc) is 2.45. The van der Waals surface area contributed by atoms with Crippen LogP contribution in [0.5, 0.6) is 0 Å². The minimum absolute atomic E-state index is 0.179. The fourth-order valence-electron chi connectivity index (χ4n) is 2.41. The predicted octanol–water partition coefficient (Wildman–Crippen LogP) is 3.84. The first-order valence-corrected chi connectivity index (χ1v) is 8.30. The number of likely N-dealkylation sites (N-methyl/N-ethyl adjacent to an activating group) is 1. The summed E-state index contributed by atoms with van der Waals surface area (Å²) < 4.78 is 14.2. The summed E-state index contributed by atoms with van der Waals surface area (Å²) in [6.45, 7) is 10.7. The van der Waals surface area contributed by atoms with E-state index in [2.05, 4.69) is 46.9 Å². The van der Waals surface area contributed by atoms with Gasteiger partial charge in [-0.05, 0) is 66.6 Å². The maximum atomic E-state index is 13.6. The van der Waals surface area contributed by atoms with Crippen molar-refractivity contribution in [2.45, 2.75) is 39.7 Å². The van der Waals surface area contributed by atoms with Crippen molar-refractivity contribution in [3.05, 3.63) is 34.1 Å². The first-order chi connectivity index (χ1) is 9.62. The maximum absolute atomic E-state index is 13.6. The fraction of sp³-hybridized carbons (Fsp3) is 0.625. The van der Waals surface area contributed by atoms with Crippen LogP contribution in [0.1, 0.15) is 32.8 Å². The second-order valence-corrected chi connectivity index (χ2v) is 5.78. The Hall–Kier alpha value is -0.450. The first kappa shape index (κ1) is 17.6. The van der Waals surface area contributed by atoms with Crippen molar-refractivity contribution >= 4 is 15.9 Å². The van der Waals surface area contributed by atoms with Crippen LogP contribution in [-0.2, 0) is 6.42 Å². The molecule has 20 heavy (non-hydrogen) atoms. The van der Waals surface area contributed by atoms with Gasteiger partial charge in [0, 0.05) is 6.04 Å². The van der Waals surface area contributed by atoms with E-state index in [1.54, 1.807) is 6.07 Å². The van der Waals surface area contributed by atoms with Gasteiger partial charge in [-0.2, -0.15) is 0 Å². The molecule has 2 nitrogen and oxygen atoms in total. The highest BCUT2D eigenvalue weighted by atomic mass is 79.9. The van der Waals surface area contributed by atoms with Crippen molar-refractivity contribution in [3.8, 4) is 0 Å². The lowest BCUT2D eigenvalue weighted by Crippen LogP contribution is -2.35. The van der Waals surface area contributed by atoms with Crippen LogP contribution < -0.4 is 5.32 Å². The summed E-state index contributed by atoms with van der Waals surface area (Å²) in [5.41, 5.74) is 1.04. The highest BCUT2D eigenvalue weighted by molar-refractivity contribution is 9.10. The number of rotatable bonds is 9. The molecule has 0 aliphatic rings. The molecule has 0 aliphatic heterocycles. The van der Waals surface area contributed by atoms with Crippen molar-refractivity contribution < 1.29 is 4.39 Å². The Labute approximate surface area is 130 Å². The Morgan fingerprint density at radius 2 is 1.95 bits per heavy atom. The van der Waals surface area contributed by atoms with Crippen molar-refractivity contribution in [2.75, 3.05) is 26.2 Å². The van der Waals surface area contributed by atoms with Crippen LogP contribution in [0.25, 0.3) is 0 Å². The molecule has 0 aliphatic carbocycles. The van der Waals surface area contributed by atoms with E-state index in [0.29, 0.717) is 10.5 Å². The summed E-state index contributed by atoms with van der Waals surface area (Å²) >= 11 is 3.35. The Bertz CT molecular complexity index is 394. The zero-order valence-electron chi connectivity index (χ0n) is 12.8. The van der Waals surface area contributed by atoms with E-state index in [1.165, 1.54) is 6.07 Å². The SMILES string of the molecule is CCNC(CCN(CC)CC)Cc1cccc(F)c1Br. The number of halogens is 2. The first-order valence-electron chi connectivity index (χ1n) is 7.50. The lowest BCUT2D eigenvalue weighted by atomic mass is 10.0. The highest BCUT2D eigenvalue weighted by Crippen LogP contribution is 2.22. The largest absolute Gasteiger partial charge is 0.314 e. The molecule has 114 valence electrons. The summed E-state index contributed by atoms with van der Waals surface area (Å²) in [4.78, 5) is 2.42. The molecule has 0 heterocycles. The third-order valence-corrected chi connectivity index (χ3v) is 4.57. The molecule has 0 fully saturated rings. The normalized spacial score (nSPS) is 12.9. The van der Waals surface area contributed by atoms with E-state index in [-0.39, 0.29) is 5.82 Å². The van der Waals surface area contributed by atoms with E-state index < -0.39 is 0 Å². The Kier molecular flexibility index (Phi) is 8.34. The third kappa shape index (κ3) is 5.51. The third-order valence-electron chi connectivity index (χ3n) is 3.68. The van der Waals surface area contributed by atoms with E-state index in [9.17, 15) is 4.39 Å². The molecule has 1 aromatic carbocycles. The summed E-state index contributed by atoms with van der Waals surface area (Å²) in [7, 11) is 0. The van der Waals surface area contributed by atoms with Gasteiger partial charge in [0.05, 0.1) is 4.47 Å². The van der Waals surface area contributed by atoms with Gasteiger partial charge in [0.2, 0.25) is 0 Å². The fourth-order valence-corrected chi connectivity index (χ4v) is 2.84. The Morgan fingerprint density at radius 3 is 2.55 bits per heavy atom. The van der Waals surface area contributed by atoms with Gasteiger partial charge in [-0.1, -0.05) is 32.9 Å². The average molecular weight is 345 g/mol. The van der Waals surface area contributed by atoms with Crippen LogP contribution in [0.2, 0.25) is 0 Å². The Balaban J connectivity index is 2.64. The van der Waals surface area contributed by atoms with Gasteiger partial charge in [-0.15, -0.1) is 0 Å². The van der Waals surface area contributed by atoms with Gasteiger partial charge in [-0.3, -0.25) is 0 Å². The number of nitrogens with zero attached hydrogens (tertiary/aromatic N) is 1. The van der Waals surface area contributed by atoms with E-state index in [0.717, 1.165) is 44.6 Å². The summed E-state index contributed by atoms with van der Waals surface area (Å²) in [6, 6.07) is 5.66. The molecule has 0 spiro atoms. The summed E-state index contributed by atoms with van der Waals surface area (Å²) in [5, 5.41) is 3.51. The van der Waals surface area contributed by atoms with Crippen LogP contribution >= 0.6 is 15.9 Å². The zero-order chi connectivity index (χ0) is 15.0. The lowest BCUT2D eigenvalue weighted by molar-refractivity contribution is 0.281. The van der Waals surface area contributed by atoms with Gasteiger partial charge < -0.3 is 10.2 Å². The molecule has 1 N–H and O–H groups in total. The van der Waals surface area contributed by atoms with Crippen molar-refractivity contribution in [1.29, 1.82) is 0 Å². The molecular formula is C16H26BrFN2. The van der Waals surface area contributed by atoms with E-state index in [1.807, 2.05) is 6.07 Å². The number of hydrogen-bond donors (Lipinski definition) is 1.